The fourth-order valence-corrected chi connectivity index (χ4v) is 6.48. The number of esters is 2. The lowest BCUT2D eigenvalue weighted by molar-refractivity contribution is -0.161. The van der Waals surface area contributed by atoms with Crippen LogP contribution in [-0.4, -0.2) is 65.7 Å². The molecule has 0 saturated heterocycles. The summed E-state index contributed by atoms with van der Waals surface area (Å²) < 4.78 is 32.7. The van der Waals surface area contributed by atoms with Gasteiger partial charge in [0.2, 0.25) is 0 Å². The zero-order valence-electron chi connectivity index (χ0n) is 35.8. The molecule has 0 heterocycles. The van der Waals surface area contributed by atoms with Crippen molar-refractivity contribution in [2.45, 2.75) is 193 Å². The number of aliphatic hydroxyl groups is 2. The highest BCUT2D eigenvalue weighted by molar-refractivity contribution is 7.47. The second kappa shape index (κ2) is 41.8. The molecular formula is C46H81O10P. The molecule has 0 rings (SSSR count). The minimum atomic E-state index is -4.64. The van der Waals surface area contributed by atoms with E-state index in [2.05, 4.69) is 67.0 Å². The second-order valence-corrected chi connectivity index (χ2v) is 16.2. The van der Waals surface area contributed by atoms with Crippen molar-refractivity contribution < 1.29 is 47.8 Å². The van der Waals surface area contributed by atoms with Gasteiger partial charge in [0.15, 0.2) is 6.10 Å². The number of carbonyl (C=O) groups excluding carboxylic acids is 2. The van der Waals surface area contributed by atoms with E-state index in [1.165, 1.54) is 83.5 Å². The fraction of sp³-hybridized carbons (Fsp3) is 0.739. The first kappa shape index (κ1) is 54.7. The van der Waals surface area contributed by atoms with Crippen LogP contribution in [0.2, 0.25) is 0 Å². The van der Waals surface area contributed by atoms with Crippen LogP contribution in [0.1, 0.15) is 181 Å². The summed E-state index contributed by atoms with van der Waals surface area (Å²) in [7, 11) is -4.64. The van der Waals surface area contributed by atoms with E-state index < -0.39 is 51.8 Å². The number of unbranched alkanes of at least 4 members (excludes halogenated alkanes) is 17. The maximum atomic E-state index is 12.6. The molecule has 3 N–H and O–H groups in total. The monoisotopic (exact) mass is 825 g/mol. The summed E-state index contributed by atoms with van der Waals surface area (Å²) in [4.78, 5) is 35.0. The Labute approximate surface area is 346 Å². The number of phosphoric acid groups is 1. The molecule has 0 aliphatic rings. The second-order valence-electron chi connectivity index (χ2n) is 14.7. The number of phosphoric ester groups is 1. The first-order chi connectivity index (χ1) is 27.7. The van der Waals surface area contributed by atoms with Crippen LogP contribution < -0.4 is 0 Å². The number of aliphatic hydroxyl groups excluding tert-OH is 2. The van der Waals surface area contributed by atoms with Crippen molar-refractivity contribution in [1.82, 2.24) is 0 Å². The Kier molecular flexibility index (Phi) is 40.1. The number of allylic oxidation sites excluding steroid dienone is 10. The SMILES string of the molecule is CCCCC/C=C\C/C=C\C/C=C\C/C=C\CCCC(=O)O[C@H](COC(=O)CCCCCCCCC/C=C\CCCCCCCC)COP(=O)(O)OC[C@@H](O)CO. The highest BCUT2D eigenvalue weighted by atomic mass is 31.2. The molecule has 0 bridgehead atoms. The summed E-state index contributed by atoms with van der Waals surface area (Å²) in [6.07, 6.45) is 46.2. The maximum absolute atomic E-state index is 12.6. The van der Waals surface area contributed by atoms with Gasteiger partial charge in [0.25, 0.3) is 0 Å². The molecule has 0 amide bonds. The van der Waals surface area contributed by atoms with Gasteiger partial charge in [0.05, 0.1) is 19.8 Å². The number of rotatable bonds is 41. The van der Waals surface area contributed by atoms with Crippen molar-refractivity contribution in [2.75, 3.05) is 26.4 Å². The Balaban J connectivity index is 4.39. The molecule has 0 aliphatic carbocycles. The lowest BCUT2D eigenvalue weighted by atomic mass is 10.1. The average molecular weight is 825 g/mol. The van der Waals surface area contributed by atoms with Gasteiger partial charge < -0.3 is 24.6 Å². The molecule has 0 aromatic rings. The minimum absolute atomic E-state index is 0.106. The van der Waals surface area contributed by atoms with Crippen molar-refractivity contribution in [1.29, 1.82) is 0 Å². The summed E-state index contributed by atoms with van der Waals surface area (Å²) in [5.74, 6) is -0.997. The average Bonchev–Trinajstić information content (AvgIpc) is 3.20. The number of hydrogen-bond acceptors (Lipinski definition) is 9. The third kappa shape index (κ3) is 41.6. The van der Waals surface area contributed by atoms with Crippen LogP contribution in [0.15, 0.2) is 60.8 Å². The molecule has 57 heavy (non-hydrogen) atoms. The first-order valence-electron chi connectivity index (χ1n) is 22.2. The number of carbonyl (C=O) groups is 2. The Bertz CT molecular complexity index is 1130. The quantitative estimate of drug-likeness (QED) is 0.0235. The van der Waals surface area contributed by atoms with E-state index in [-0.39, 0.29) is 19.4 Å². The fourth-order valence-electron chi connectivity index (χ4n) is 5.69. The molecule has 0 spiro atoms. The van der Waals surface area contributed by atoms with Gasteiger partial charge in [0, 0.05) is 12.8 Å². The summed E-state index contributed by atoms with van der Waals surface area (Å²) in [6.45, 7) is 2.28. The van der Waals surface area contributed by atoms with E-state index in [1.807, 2.05) is 12.2 Å². The van der Waals surface area contributed by atoms with Crippen molar-refractivity contribution >= 4 is 19.8 Å². The molecule has 3 atom stereocenters. The van der Waals surface area contributed by atoms with E-state index in [1.54, 1.807) is 0 Å². The topological polar surface area (TPSA) is 149 Å². The van der Waals surface area contributed by atoms with E-state index in [0.717, 1.165) is 51.4 Å². The van der Waals surface area contributed by atoms with Gasteiger partial charge in [-0.25, -0.2) is 4.57 Å². The van der Waals surface area contributed by atoms with Gasteiger partial charge in [-0.15, -0.1) is 0 Å². The molecule has 330 valence electrons. The Hall–Kier alpha value is -2.33. The normalized spacial score (nSPS) is 14.4. The molecular weight excluding hydrogens is 743 g/mol. The van der Waals surface area contributed by atoms with Crippen LogP contribution in [0.5, 0.6) is 0 Å². The van der Waals surface area contributed by atoms with Crippen LogP contribution in [0.4, 0.5) is 0 Å². The predicted octanol–water partition coefficient (Wildman–Crippen LogP) is 11.9. The van der Waals surface area contributed by atoms with Crippen LogP contribution in [0, 0.1) is 0 Å². The van der Waals surface area contributed by atoms with Crippen LogP contribution in [0.25, 0.3) is 0 Å². The standard InChI is InChI=1S/C46H81O10P/c1-3-5-7-9-11-13-15-17-19-21-23-25-27-29-31-33-35-37-45(49)53-41-44(42-55-57(51,52)54-40-43(48)39-47)56-46(50)38-36-34-32-30-28-26-24-22-20-18-16-14-12-10-8-6-4-2/h12,14,17-20,24,26,30,32,43-44,47-48H,3-11,13,15-16,21-23,25,27-29,31,33-42H2,1-2H3,(H,51,52)/b14-12-,19-17-,20-18-,26-24-,32-30-/t43-,44+/m0/s1. The minimum Gasteiger partial charge on any atom is -0.462 e. The largest absolute Gasteiger partial charge is 0.472 e. The molecule has 0 fully saturated rings. The van der Waals surface area contributed by atoms with Crippen LogP contribution in [0.3, 0.4) is 0 Å². The highest BCUT2D eigenvalue weighted by Gasteiger charge is 2.27. The first-order valence-corrected chi connectivity index (χ1v) is 23.7. The van der Waals surface area contributed by atoms with Crippen LogP contribution >= 0.6 is 7.82 Å². The molecule has 0 radical (unpaired) electrons. The zero-order valence-corrected chi connectivity index (χ0v) is 36.7. The summed E-state index contributed by atoms with van der Waals surface area (Å²) in [6, 6.07) is 0. The third-order valence-corrected chi connectivity index (χ3v) is 10.1. The lowest BCUT2D eigenvalue weighted by Gasteiger charge is -2.20. The Morgan fingerprint density at radius 2 is 0.930 bits per heavy atom. The van der Waals surface area contributed by atoms with Gasteiger partial charge in [-0.2, -0.15) is 0 Å². The van der Waals surface area contributed by atoms with Gasteiger partial charge in [-0.3, -0.25) is 18.6 Å². The number of ether oxygens (including phenoxy) is 2. The van der Waals surface area contributed by atoms with Gasteiger partial charge in [-0.05, 0) is 77.0 Å². The molecule has 0 saturated carbocycles. The predicted molar refractivity (Wildman–Crippen MR) is 233 cm³/mol. The van der Waals surface area contributed by atoms with Gasteiger partial charge in [-0.1, -0.05) is 152 Å². The van der Waals surface area contributed by atoms with E-state index >= 15 is 0 Å². The van der Waals surface area contributed by atoms with E-state index in [4.69, 9.17) is 19.1 Å². The summed E-state index contributed by atoms with van der Waals surface area (Å²) in [5, 5.41) is 18.3. The third-order valence-electron chi connectivity index (χ3n) is 9.14. The highest BCUT2D eigenvalue weighted by Crippen LogP contribution is 2.43. The molecule has 11 heteroatoms. The smallest absolute Gasteiger partial charge is 0.462 e. The molecule has 1 unspecified atom stereocenters. The maximum Gasteiger partial charge on any atom is 0.472 e. The molecule has 0 aromatic heterocycles. The molecule has 10 nitrogen and oxygen atoms in total. The van der Waals surface area contributed by atoms with Crippen molar-refractivity contribution in [3.05, 3.63) is 60.8 Å². The molecule has 0 aromatic carbocycles. The van der Waals surface area contributed by atoms with Crippen molar-refractivity contribution in [3.8, 4) is 0 Å². The Morgan fingerprint density at radius 1 is 0.526 bits per heavy atom. The molecule has 0 aliphatic heterocycles. The zero-order chi connectivity index (χ0) is 41.9. The van der Waals surface area contributed by atoms with Gasteiger partial charge in [0.1, 0.15) is 12.7 Å². The van der Waals surface area contributed by atoms with Gasteiger partial charge >= 0.3 is 19.8 Å². The Morgan fingerprint density at radius 3 is 1.47 bits per heavy atom. The number of hydrogen-bond donors (Lipinski definition) is 3. The lowest BCUT2D eigenvalue weighted by Crippen LogP contribution is -2.29. The van der Waals surface area contributed by atoms with Crippen molar-refractivity contribution in [2.24, 2.45) is 0 Å². The van der Waals surface area contributed by atoms with Crippen molar-refractivity contribution in [3.63, 3.8) is 0 Å². The summed E-state index contributed by atoms with van der Waals surface area (Å²) in [5.41, 5.74) is 0. The van der Waals surface area contributed by atoms with E-state index in [0.29, 0.717) is 19.3 Å². The van der Waals surface area contributed by atoms with Crippen LogP contribution in [-0.2, 0) is 32.7 Å². The van der Waals surface area contributed by atoms with E-state index in [9.17, 15) is 24.2 Å². The summed E-state index contributed by atoms with van der Waals surface area (Å²) >= 11 is 0.